The average Bonchev–Trinajstić information content (AvgIpc) is 3.97. The Labute approximate surface area is 400 Å². The van der Waals surface area contributed by atoms with Crippen LogP contribution in [0.5, 0.6) is 0 Å². The summed E-state index contributed by atoms with van der Waals surface area (Å²) in [7, 11) is -3.14. The number of para-hydroxylation sites is 2. The molecular formula is C63H43N4OSi-. The van der Waals surface area contributed by atoms with Gasteiger partial charge in [-0.2, -0.15) is 0 Å². The van der Waals surface area contributed by atoms with Gasteiger partial charge in [-0.1, -0.05) is 42.5 Å². The molecule has 0 atom stereocenters. The van der Waals surface area contributed by atoms with Gasteiger partial charge in [0.05, 0.1) is 34.8 Å². The van der Waals surface area contributed by atoms with E-state index < -0.39 is 8.07 Å². The van der Waals surface area contributed by atoms with E-state index in [4.69, 9.17) is 19.4 Å². The fourth-order valence-corrected chi connectivity index (χ4v) is 16.4. The molecule has 13 aromatic rings. The van der Waals surface area contributed by atoms with Crippen molar-refractivity contribution in [1.29, 1.82) is 0 Å². The van der Waals surface area contributed by atoms with Crippen LogP contribution in [0.3, 0.4) is 0 Å². The van der Waals surface area contributed by atoms with Gasteiger partial charge in [-0.25, -0.2) is 0 Å². The number of hydrogen-bond acceptors (Lipinski definition) is 4. The molecule has 0 aliphatic carbocycles. The zero-order valence-electron chi connectivity index (χ0n) is 37.5. The van der Waals surface area contributed by atoms with Crippen molar-refractivity contribution < 1.29 is 4.42 Å². The van der Waals surface area contributed by atoms with Gasteiger partial charge in [0.2, 0.25) is 0 Å². The van der Waals surface area contributed by atoms with Crippen LogP contribution in [0.4, 0.5) is 0 Å². The SMILES string of the molecule is c1ccc(-n2c3ccccc3c3cc(-c4cnc(-c5ccc6oc7ccc(-c8cccc(-c9cccc([SiH-](c%10ccccc%10)(c%10ccccc%10)c%10ccccc%10)c9)n8)cc7c6c5)cn4)ccc32)cc1. The van der Waals surface area contributed by atoms with Crippen LogP contribution in [0.2, 0.25) is 0 Å². The minimum Gasteiger partial charge on any atom is -0.252 e. The number of pyridine rings is 1. The van der Waals surface area contributed by atoms with E-state index in [1.165, 1.54) is 37.0 Å². The second kappa shape index (κ2) is 16.7. The van der Waals surface area contributed by atoms with E-state index in [1.54, 1.807) is 0 Å². The van der Waals surface area contributed by atoms with Gasteiger partial charge >= 0.3 is 252 Å². The molecule has 0 unspecified atom stereocenters. The first-order valence-corrected chi connectivity index (χ1v) is 25.8. The molecule has 0 saturated heterocycles. The smallest absolute Gasteiger partial charge is 0.0541 e. The standard InChI is InChI=1S/C63H43N4OSi/c1-5-18-47(19-6-1)67-60-30-14-13-27-52(60)53-38-45(31-34-61(53)67)58-41-65-59(42-64-58)46-33-36-63-55(40-46)54-39-44(32-35-62(54)68-63)57-29-16-28-56(66-57)43-17-15-26-51(37-43)69(48-20-7-2-8-21-48,49-22-9-3-10-23-49)50-24-11-4-12-25-50/h1-42,69H/q-1. The molecule has 4 aromatic heterocycles. The molecule has 5 nitrogen and oxygen atoms in total. The molecule has 69 heavy (non-hydrogen) atoms. The molecular weight excluding hydrogens is 857 g/mol. The maximum atomic E-state index is 6.40. The molecule has 13 rings (SSSR count). The van der Waals surface area contributed by atoms with Crippen LogP contribution in [0.1, 0.15) is 0 Å². The first-order chi connectivity index (χ1) is 34.2. The molecule has 0 N–H and O–H groups in total. The monoisotopic (exact) mass is 899 g/mol. The van der Waals surface area contributed by atoms with E-state index in [1.807, 2.05) is 18.5 Å². The van der Waals surface area contributed by atoms with Crippen molar-refractivity contribution in [2.24, 2.45) is 0 Å². The van der Waals surface area contributed by atoms with Gasteiger partial charge in [0.1, 0.15) is 0 Å². The molecule has 326 valence electrons. The summed E-state index contributed by atoms with van der Waals surface area (Å²) in [6.07, 6.45) is 3.75. The van der Waals surface area contributed by atoms with E-state index >= 15 is 0 Å². The van der Waals surface area contributed by atoms with Gasteiger partial charge in [-0.05, 0) is 36.4 Å². The molecule has 0 fully saturated rings. The van der Waals surface area contributed by atoms with Crippen molar-refractivity contribution in [3.05, 3.63) is 255 Å². The number of aromatic nitrogens is 4. The van der Waals surface area contributed by atoms with Gasteiger partial charge in [0, 0.05) is 22.0 Å². The summed E-state index contributed by atoms with van der Waals surface area (Å²) in [6, 6.07) is 87.0. The molecule has 0 saturated carbocycles. The van der Waals surface area contributed by atoms with Crippen LogP contribution in [-0.2, 0) is 0 Å². The van der Waals surface area contributed by atoms with E-state index in [0.29, 0.717) is 0 Å². The Hall–Kier alpha value is -8.97. The Morgan fingerprint density at radius 2 is 0.768 bits per heavy atom. The molecule has 0 amide bonds. The molecule has 0 radical (unpaired) electrons. The second-order valence-electron chi connectivity index (χ2n) is 17.9. The largest absolute Gasteiger partial charge is 0.252 e. The molecule has 6 heteroatoms. The van der Waals surface area contributed by atoms with Crippen molar-refractivity contribution in [3.8, 4) is 50.7 Å². The van der Waals surface area contributed by atoms with E-state index in [-0.39, 0.29) is 0 Å². The topological polar surface area (TPSA) is 56.7 Å². The van der Waals surface area contributed by atoms with Crippen LogP contribution in [-0.4, -0.2) is 27.6 Å². The zero-order valence-corrected chi connectivity index (χ0v) is 38.7. The molecule has 0 aliphatic rings. The van der Waals surface area contributed by atoms with Crippen LogP contribution >= 0.6 is 0 Å². The zero-order chi connectivity index (χ0) is 45.7. The fraction of sp³-hybridized carbons (Fsp3) is 0. The Morgan fingerprint density at radius 1 is 0.319 bits per heavy atom. The summed E-state index contributed by atoms with van der Waals surface area (Å²) in [6.45, 7) is 0. The minimum atomic E-state index is -3.14. The third-order valence-corrected chi connectivity index (χ3v) is 19.5. The van der Waals surface area contributed by atoms with Crippen molar-refractivity contribution in [2.75, 3.05) is 0 Å². The van der Waals surface area contributed by atoms with Gasteiger partial charge < -0.3 is 4.57 Å². The quantitative estimate of drug-likeness (QED) is 0.107. The molecule has 0 aliphatic heterocycles. The summed E-state index contributed by atoms with van der Waals surface area (Å²) in [5.74, 6) is 0. The number of hydrogen-bond donors (Lipinski definition) is 0. The van der Waals surface area contributed by atoms with Crippen LogP contribution in [0.25, 0.3) is 94.5 Å². The average molecular weight is 900 g/mol. The second-order valence-corrected chi connectivity index (χ2v) is 22.3. The Kier molecular flexibility index (Phi) is 9.77. The fourth-order valence-electron chi connectivity index (χ4n) is 10.8. The van der Waals surface area contributed by atoms with Crippen molar-refractivity contribution in [1.82, 2.24) is 19.5 Å². The Bertz CT molecular complexity index is 3900. The first kappa shape index (κ1) is 40.3. The van der Waals surface area contributed by atoms with Crippen LogP contribution in [0.15, 0.2) is 259 Å². The minimum absolute atomic E-state index is 0.795. The van der Waals surface area contributed by atoms with Crippen molar-refractivity contribution in [3.63, 3.8) is 0 Å². The number of benzene rings is 9. The van der Waals surface area contributed by atoms with Crippen LogP contribution in [0, 0.1) is 0 Å². The van der Waals surface area contributed by atoms with Gasteiger partial charge in [-0.15, -0.1) is 0 Å². The third kappa shape index (κ3) is 6.88. The van der Waals surface area contributed by atoms with Gasteiger partial charge in [-0.3, -0.25) is 9.97 Å². The first-order valence-electron chi connectivity index (χ1n) is 23.5. The van der Waals surface area contributed by atoms with Gasteiger partial charge in [0.25, 0.3) is 0 Å². The Balaban J connectivity index is 0.836. The maximum Gasteiger partial charge on any atom is 0.0541 e. The van der Waals surface area contributed by atoms with Gasteiger partial charge in [0.15, 0.2) is 0 Å². The predicted molar refractivity (Wildman–Crippen MR) is 288 cm³/mol. The molecule has 4 heterocycles. The number of furan rings is 1. The van der Waals surface area contributed by atoms with E-state index in [2.05, 4.69) is 241 Å². The number of rotatable bonds is 9. The summed E-state index contributed by atoms with van der Waals surface area (Å²) >= 11 is 0. The summed E-state index contributed by atoms with van der Waals surface area (Å²) in [5.41, 5.74) is 12.7. The van der Waals surface area contributed by atoms with E-state index in [0.717, 1.165) is 78.2 Å². The molecule has 9 aromatic carbocycles. The summed E-state index contributed by atoms with van der Waals surface area (Å²) in [4.78, 5) is 15.3. The molecule has 0 spiro atoms. The van der Waals surface area contributed by atoms with Crippen LogP contribution < -0.4 is 20.7 Å². The van der Waals surface area contributed by atoms with Crippen molar-refractivity contribution >= 4 is 72.6 Å². The summed E-state index contributed by atoms with van der Waals surface area (Å²) < 4.78 is 8.73. The number of nitrogens with zero attached hydrogens (tertiary/aromatic N) is 4. The number of fused-ring (bicyclic) bond motifs is 6. The maximum absolute atomic E-state index is 6.40. The summed E-state index contributed by atoms with van der Waals surface area (Å²) in [5, 5.41) is 9.87. The van der Waals surface area contributed by atoms with Crippen molar-refractivity contribution in [2.45, 2.75) is 0 Å². The predicted octanol–water partition coefficient (Wildman–Crippen LogP) is 12.6. The third-order valence-electron chi connectivity index (χ3n) is 14.0. The molecule has 0 bridgehead atoms. The van der Waals surface area contributed by atoms with E-state index in [9.17, 15) is 0 Å². The normalized spacial score (nSPS) is 12.0. The Morgan fingerprint density at radius 3 is 1.35 bits per heavy atom.